The van der Waals surface area contributed by atoms with E-state index in [1.807, 2.05) is 48.5 Å². The predicted molar refractivity (Wildman–Crippen MR) is 104 cm³/mol. The Balaban J connectivity index is 1.59. The summed E-state index contributed by atoms with van der Waals surface area (Å²) in [5, 5.41) is 8.24. The van der Waals surface area contributed by atoms with E-state index in [1.165, 1.54) is 0 Å². The number of hydrazone groups is 1. The lowest BCUT2D eigenvalue weighted by atomic mass is 10.2. The van der Waals surface area contributed by atoms with Gasteiger partial charge in [0, 0.05) is 10.7 Å². The van der Waals surface area contributed by atoms with Crippen molar-refractivity contribution >= 4 is 28.1 Å². The molecule has 0 unspecified atom stereocenters. The Kier molecular flexibility index (Phi) is 5.80. The summed E-state index contributed by atoms with van der Waals surface area (Å²) in [6.07, 6.45) is 3.32. The summed E-state index contributed by atoms with van der Waals surface area (Å²) in [6.45, 7) is 0.591. The first-order valence-corrected chi connectivity index (χ1v) is 8.69. The highest BCUT2D eigenvalue weighted by atomic mass is 79.9. The van der Waals surface area contributed by atoms with Gasteiger partial charge >= 0.3 is 0 Å². The molecule has 6 nitrogen and oxygen atoms in total. The molecule has 0 saturated carbocycles. The molecule has 2 aromatic carbocycles. The van der Waals surface area contributed by atoms with Crippen molar-refractivity contribution in [1.82, 2.24) is 15.2 Å². The maximum atomic E-state index is 12.1. The Morgan fingerprint density at radius 2 is 2.08 bits per heavy atom. The first kappa shape index (κ1) is 17.9. The monoisotopic (exact) mass is 412 g/mol. The lowest BCUT2D eigenvalue weighted by molar-refractivity contribution is 0.0949. The van der Waals surface area contributed by atoms with Crippen LogP contribution in [-0.4, -0.2) is 29.0 Å². The molecule has 132 valence electrons. The van der Waals surface area contributed by atoms with E-state index in [0.29, 0.717) is 12.2 Å². The number of aromatic nitrogens is 2. The number of amides is 1. The van der Waals surface area contributed by atoms with Crippen LogP contribution in [0.15, 0.2) is 70.4 Å². The van der Waals surface area contributed by atoms with Crippen molar-refractivity contribution in [3.05, 3.63) is 82.1 Å². The van der Waals surface area contributed by atoms with Crippen LogP contribution < -0.4 is 10.2 Å². The van der Waals surface area contributed by atoms with Gasteiger partial charge in [-0.05, 0) is 41.5 Å². The van der Waals surface area contributed by atoms with Gasteiger partial charge in [0.1, 0.15) is 5.75 Å². The smallest absolute Gasteiger partial charge is 0.291 e. The highest BCUT2D eigenvalue weighted by Gasteiger charge is 2.08. The lowest BCUT2D eigenvalue weighted by Crippen LogP contribution is -2.18. The van der Waals surface area contributed by atoms with Crippen LogP contribution in [0.1, 0.15) is 21.6 Å². The van der Waals surface area contributed by atoms with E-state index in [-0.39, 0.29) is 5.91 Å². The Hall–Kier alpha value is -2.93. The van der Waals surface area contributed by atoms with Crippen LogP contribution in [0.3, 0.4) is 0 Å². The molecule has 3 rings (SSSR count). The first-order chi connectivity index (χ1) is 12.6. The molecule has 0 saturated heterocycles. The molecular formula is C19H17BrN4O2. The average molecular weight is 413 g/mol. The number of hydrogen-bond donors (Lipinski definition) is 1. The van der Waals surface area contributed by atoms with Crippen molar-refractivity contribution in [2.24, 2.45) is 5.10 Å². The van der Waals surface area contributed by atoms with Crippen molar-refractivity contribution < 1.29 is 9.53 Å². The molecule has 0 bridgehead atoms. The van der Waals surface area contributed by atoms with Crippen molar-refractivity contribution in [1.29, 1.82) is 0 Å². The molecule has 1 aromatic heterocycles. The Labute approximate surface area is 159 Å². The highest BCUT2D eigenvalue weighted by Crippen LogP contribution is 2.12. The minimum Gasteiger partial charge on any atom is -0.497 e. The molecule has 26 heavy (non-hydrogen) atoms. The lowest BCUT2D eigenvalue weighted by Gasteiger charge is -2.02. The molecule has 7 heteroatoms. The largest absolute Gasteiger partial charge is 0.497 e. The van der Waals surface area contributed by atoms with Crippen molar-refractivity contribution in [3.63, 3.8) is 0 Å². The van der Waals surface area contributed by atoms with Gasteiger partial charge in [-0.25, -0.2) is 5.43 Å². The Bertz CT molecular complexity index is 919. The number of benzene rings is 2. The van der Waals surface area contributed by atoms with Crippen LogP contribution in [-0.2, 0) is 6.54 Å². The van der Waals surface area contributed by atoms with E-state index in [0.717, 1.165) is 21.3 Å². The minimum absolute atomic E-state index is 0.310. The number of carbonyl (C=O) groups excluding carboxylic acids is 1. The normalized spacial score (nSPS) is 10.8. The number of nitrogens with zero attached hydrogens (tertiary/aromatic N) is 3. The summed E-state index contributed by atoms with van der Waals surface area (Å²) in [7, 11) is 1.60. The molecule has 0 spiro atoms. The number of ether oxygens (including phenoxy) is 1. The van der Waals surface area contributed by atoms with Crippen LogP contribution in [0.25, 0.3) is 0 Å². The van der Waals surface area contributed by atoms with Crippen molar-refractivity contribution in [3.8, 4) is 5.75 Å². The van der Waals surface area contributed by atoms with Crippen molar-refractivity contribution in [2.45, 2.75) is 6.54 Å². The number of halogens is 1. The molecule has 0 aliphatic heterocycles. The number of methoxy groups -OCH3 is 1. The molecule has 3 aromatic rings. The molecule has 0 radical (unpaired) electrons. The van der Waals surface area contributed by atoms with Gasteiger partial charge in [-0.15, -0.1) is 0 Å². The molecule has 0 aliphatic rings. The van der Waals surface area contributed by atoms with E-state index in [9.17, 15) is 4.79 Å². The third kappa shape index (κ3) is 4.80. The fourth-order valence-corrected chi connectivity index (χ4v) is 2.56. The standard InChI is InChI=1S/C19H17BrN4O2/c1-26-17-4-2-3-15(11-17)12-21-22-19(25)18-9-10-24(23-18)13-14-5-7-16(20)8-6-14/h2-12H,13H2,1H3,(H,22,25)/b21-12-. The molecule has 0 fully saturated rings. The van der Waals surface area contributed by atoms with Gasteiger partial charge in [0.05, 0.1) is 19.9 Å². The third-order valence-corrected chi connectivity index (χ3v) is 4.13. The second-order valence-corrected chi connectivity index (χ2v) is 6.42. The summed E-state index contributed by atoms with van der Waals surface area (Å²) in [6, 6.07) is 17.0. The third-order valence-electron chi connectivity index (χ3n) is 3.60. The number of hydrogen-bond acceptors (Lipinski definition) is 4. The van der Waals surface area contributed by atoms with Crippen LogP contribution in [0.4, 0.5) is 0 Å². The first-order valence-electron chi connectivity index (χ1n) is 7.89. The minimum atomic E-state index is -0.362. The Morgan fingerprint density at radius 3 is 2.85 bits per heavy atom. The van der Waals surface area contributed by atoms with Crippen LogP contribution in [0.2, 0.25) is 0 Å². The molecule has 0 aliphatic carbocycles. The second-order valence-electron chi connectivity index (χ2n) is 5.50. The molecule has 1 N–H and O–H groups in total. The zero-order valence-electron chi connectivity index (χ0n) is 14.1. The van der Waals surface area contributed by atoms with Gasteiger partial charge in [0.25, 0.3) is 5.91 Å². The second kappa shape index (κ2) is 8.44. The summed E-state index contributed by atoms with van der Waals surface area (Å²) >= 11 is 3.41. The highest BCUT2D eigenvalue weighted by molar-refractivity contribution is 9.10. The van der Waals surface area contributed by atoms with Gasteiger partial charge in [-0.3, -0.25) is 9.48 Å². The molecule has 0 atom stereocenters. The maximum Gasteiger partial charge on any atom is 0.291 e. The van der Waals surface area contributed by atoms with Crippen LogP contribution in [0.5, 0.6) is 5.75 Å². The summed E-state index contributed by atoms with van der Waals surface area (Å²) in [4.78, 5) is 12.1. The van der Waals surface area contributed by atoms with Gasteiger partial charge in [-0.2, -0.15) is 10.2 Å². The van der Waals surface area contributed by atoms with Crippen LogP contribution >= 0.6 is 15.9 Å². The van der Waals surface area contributed by atoms with E-state index in [2.05, 4.69) is 31.6 Å². The zero-order valence-corrected chi connectivity index (χ0v) is 15.7. The molecule has 1 amide bonds. The van der Waals surface area contributed by atoms with Gasteiger partial charge in [0.15, 0.2) is 5.69 Å². The average Bonchev–Trinajstić information content (AvgIpc) is 3.12. The summed E-state index contributed by atoms with van der Waals surface area (Å²) in [5.74, 6) is 0.366. The van der Waals surface area contributed by atoms with E-state index in [4.69, 9.17) is 4.74 Å². The van der Waals surface area contributed by atoms with E-state index < -0.39 is 0 Å². The van der Waals surface area contributed by atoms with Crippen molar-refractivity contribution in [2.75, 3.05) is 7.11 Å². The van der Waals surface area contributed by atoms with Gasteiger partial charge < -0.3 is 4.74 Å². The maximum absolute atomic E-state index is 12.1. The molecule has 1 heterocycles. The van der Waals surface area contributed by atoms with Crippen LogP contribution in [0, 0.1) is 0 Å². The quantitative estimate of drug-likeness (QED) is 0.497. The topological polar surface area (TPSA) is 68.5 Å². The number of carbonyl (C=O) groups is 1. The van der Waals surface area contributed by atoms with E-state index >= 15 is 0 Å². The van der Waals surface area contributed by atoms with E-state index in [1.54, 1.807) is 30.3 Å². The number of rotatable bonds is 6. The fraction of sp³-hybridized carbons (Fsp3) is 0.105. The van der Waals surface area contributed by atoms with Gasteiger partial charge in [0.2, 0.25) is 0 Å². The predicted octanol–water partition coefficient (Wildman–Crippen LogP) is 3.47. The summed E-state index contributed by atoms with van der Waals surface area (Å²) in [5.41, 5.74) is 4.71. The number of nitrogens with one attached hydrogen (secondary N) is 1. The SMILES string of the molecule is COc1cccc(/C=N\NC(=O)c2ccn(Cc3ccc(Br)cc3)n2)c1. The molecular weight excluding hydrogens is 396 g/mol. The van der Waals surface area contributed by atoms with Gasteiger partial charge in [-0.1, -0.05) is 40.2 Å². The zero-order chi connectivity index (χ0) is 18.4. The summed E-state index contributed by atoms with van der Waals surface area (Å²) < 4.78 is 7.88. The Morgan fingerprint density at radius 1 is 1.27 bits per heavy atom. The fourth-order valence-electron chi connectivity index (χ4n) is 2.29.